The Morgan fingerprint density at radius 3 is 2.71 bits per heavy atom. The van der Waals surface area contributed by atoms with Crippen molar-refractivity contribution in [2.75, 3.05) is 19.6 Å². The molecule has 0 saturated carbocycles. The van der Waals surface area contributed by atoms with E-state index in [0.717, 1.165) is 25.5 Å². The van der Waals surface area contributed by atoms with Gasteiger partial charge < -0.3 is 5.32 Å². The molecule has 1 saturated heterocycles. The van der Waals surface area contributed by atoms with Crippen molar-refractivity contribution < 1.29 is 12.8 Å². The highest BCUT2D eigenvalue weighted by atomic mass is 35.5. The second-order valence-electron chi connectivity index (χ2n) is 5.17. The van der Waals surface area contributed by atoms with Gasteiger partial charge in [-0.05, 0) is 44.0 Å². The van der Waals surface area contributed by atoms with Crippen LogP contribution in [0.2, 0.25) is 0 Å². The molecule has 1 aromatic rings. The molecule has 1 aliphatic heterocycles. The van der Waals surface area contributed by atoms with Crippen molar-refractivity contribution in [1.29, 1.82) is 0 Å². The van der Waals surface area contributed by atoms with Crippen molar-refractivity contribution in [2.24, 2.45) is 0 Å². The second-order valence-corrected chi connectivity index (χ2v) is 7.03. The number of hydrogen-bond donors (Lipinski definition) is 1. The van der Waals surface area contributed by atoms with Crippen LogP contribution < -0.4 is 5.32 Å². The number of nitrogens with one attached hydrogen (secondary N) is 1. The van der Waals surface area contributed by atoms with E-state index in [9.17, 15) is 12.8 Å². The molecule has 1 heterocycles. The van der Waals surface area contributed by atoms with Gasteiger partial charge in [-0.2, -0.15) is 4.31 Å². The lowest BCUT2D eigenvalue weighted by atomic mass is 10.2. The minimum absolute atomic E-state index is 0. The van der Waals surface area contributed by atoms with Gasteiger partial charge in [0.2, 0.25) is 10.0 Å². The molecule has 7 heteroatoms. The summed E-state index contributed by atoms with van der Waals surface area (Å²) in [6.45, 7) is 5.59. The number of nitrogens with zero attached hydrogens (tertiary/aromatic N) is 1. The largest absolute Gasteiger partial charge is 0.315 e. The van der Waals surface area contributed by atoms with Crippen LogP contribution in [-0.2, 0) is 10.0 Å². The van der Waals surface area contributed by atoms with Gasteiger partial charge in [-0.1, -0.05) is 13.0 Å². The molecule has 0 radical (unpaired) electrons. The van der Waals surface area contributed by atoms with Crippen molar-refractivity contribution in [2.45, 2.75) is 37.6 Å². The number of halogens is 2. The van der Waals surface area contributed by atoms with E-state index in [4.69, 9.17) is 0 Å². The number of rotatable bonds is 5. The van der Waals surface area contributed by atoms with E-state index in [0.29, 0.717) is 18.7 Å². The van der Waals surface area contributed by atoms with Gasteiger partial charge in [0.05, 0.1) is 4.90 Å². The molecule has 21 heavy (non-hydrogen) atoms. The Balaban J connectivity index is 0.00000220. The van der Waals surface area contributed by atoms with E-state index in [1.54, 1.807) is 6.92 Å². The van der Waals surface area contributed by atoms with Crippen LogP contribution >= 0.6 is 12.4 Å². The molecule has 0 spiro atoms. The summed E-state index contributed by atoms with van der Waals surface area (Å²) in [6, 6.07) is 3.88. The second kappa shape index (κ2) is 7.54. The Labute approximate surface area is 132 Å². The van der Waals surface area contributed by atoms with E-state index in [1.165, 1.54) is 16.4 Å². The zero-order valence-corrected chi connectivity index (χ0v) is 13.9. The van der Waals surface area contributed by atoms with Crippen molar-refractivity contribution >= 4 is 22.4 Å². The first-order valence-corrected chi connectivity index (χ1v) is 8.39. The van der Waals surface area contributed by atoms with Crippen LogP contribution in [0.25, 0.3) is 0 Å². The summed E-state index contributed by atoms with van der Waals surface area (Å²) in [4.78, 5) is 0.0813. The van der Waals surface area contributed by atoms with Crippen LogP contribution in [0.4, 0.5) is 4.39 Å². The smallest absolute Gasteiger partial charge is 0.243 e. The maximum absolute atomic E-state index is 13.4. The molecule has 4 nitrogen and oxygen atoms in total. The van der Waals surface area contributed by atoms with Crippen LogP contribution in [0.3, 0.4) is 0 Å². The maximum Gasteiger partial charge on any atom is 0.243 e. The highest BCUT2D eigenvalue weighted by Gasteiger charge is 2.33. The van der Waals surface area contributed by atoms with Gasteiger partial charge in [0.15, 0.2) is 0 Å². The first-order valence-electron chi connectivity index (χ1n) is 6.95. The fourth-order valence-corrected chi connectivity index (χ4v) is 4.57. The first kappa shape index (κ1) is 18.4. The number of sulfonamides is 1. The molecule has 1 unspecified atom stereocenters. The van der Waals surface area contributed by atoms with Gasteiger partial charge in [-0.3, -0.25) is 0 Å². The minimum Gasteiger partial charge on any atom is -0.315 e. The molecular formula is C14H22ClFN2O2S. The summed E-state index contributed by atoms with van der Waals surface area (Å²) in [7, 11) is -3.65. The summed E-state index contributed by atoms with van der Waals surface area (Å²) in [5.74, 6) is -0.518. The third-order valence-electron chi connectivity index (χ3n) is 3.62. The molecule has 1 aromatic carbocycles. The quantitative estimate of drug-likeness (QED) is 0.897. The predicted octanol–water partition coefficient (Wildman–Crippen LogP) is 2.32. The lowest BCUT2D eigenvalue weighted by Gasteiger charge is -2.27. The summed E-state index contributed by atoms with van der Waals surface area (Å²) >= 11 is 0. The standard InChI is InChI=1S/C14H21FN2O2S.ClH/c1-3-8-17(13-6-7-16-10-13)20(18,19)14-9-12(15)5-4-11(14)2;/h4-5,9,13,16H,3,6-8,10H2,1-2H3;1H. The maximum atomic E-state index is 13.4. The normalized spacial score (nSPS) is 18.8. The number of hydrogen-bond acceptors (Lipinski definition) is 3. The van der Waals surface area contributed by atoms with Gasteiger partial charge >= 0.3 is 0 Å². The molecule has 2 rings (SSSR count). The third kappa shape index (κ3) is 3.94. The van der Waals surface area contributed by atoms with Crippen molar-refractivity contribution in [3.63, 3.8) is 0 Å². The van der Waals surface area contributed by atoms with Crippen LogP contribution in [0, 0.1) is 12.7 Å². The van der Waals surface area contributed by atoms with Crippen LogP contribution in [-0.4, -0.2) is 38.4 Å². The average Bonchev–Trinajstić information content (AvgIpc) is 2.92. The highest BCUT2D eigenvalue weighted by Crippen LogP contribution is 2.24. The summed E-state index contributed by atoms with van der Waals surface area (Å²) in [6.07, 6.45) is 1.54. The van der Waals surface area contributed by atoms with E-state index in [2.05, 4.69) is 5.32 Å². The highest BCUT2D eigenvalue weighted by molar-refractivity contribution is 7.89. The molecule has 1 atom stereocenters. The Morgan fingerprint density at radius 1 is 1.43 bits per heavy atom. The zero-order chi connectivity index (χ0) is 14.8. The van der Waals surface area contributed by atoms with Gasteiger partial charge in [-0.15, -0.1) is 12.4 Å². The number of benzene rings is 1. The first-order chi connectivity index (χ1) is 9.46. The minimum atomic E-state index is -3.65. The summed E-state index contributed by atoms with van der Waals surface area (Å²) in [5.41, 5.74) is 0.582. The fraction of sp³-hybridized carbons (Fsp3) is 0.571. The Kier molecular flexibility index (Phi) is 6.59. The molecule has 0 aromatic heterocycles. The van der Waals surface area contributed by atoms with E-state index < -0.39 is 15.8 Å². The van der Waals surface area contributed by atoms with Gasteiger partial charge in [0, 0.05) is 19.1 Å². The summed E-state index contributed by atoms with van der Waals surface area (Å²) < 4.78 is 40.6. The lowest BCUT2D eigenvalue weighted by Crippen LogP contribution is -2.42. The predicted molar refractivity (Wildman–Crippen MR) is 83.8 cm³/mol. The van der Waals surface area contributed by atoms with Gasteiger partial charge in [0.1, 0.15) is 5.82 Å². The van der Waals surface area contributed by atoms with Crippen LogP contribution in [0.5, 0.6) is 0 Å². The Bertz CT molecular complexity index is 574. The van der Waals surface area contributed by atoms with E-state index in [-0.39, 0.29) is 23.3 Å². The average molecular weight is 337 g/mol. The number of aryl methyl sites for hydroxylation is 1. The SMILES string of the molecule is CCCN(C1CCNC1)S(=O)(=O)c1cc(F)ccc1C.Cl. The Hall–Kier alpha value is -0.690. The molecule has 0 bridgehead atoms. The van der Waals surface area contributed by atoms with Crippen molar-refractivity contribution in [1.82, 2.24) is 9.62 Å². The molecule has 1 N–H and O–H groups in total. The van der Waals surface area contributed by atoms with Crippen LogP contribution in [0.1, 0.15) is 25.3 Å². The van der Waals surface area contributed by atoms with E-state index in [1.807, 2.05) is 6.92 Å². The van der Waals surface area contributed by atoms with E-state index >= 15 is 0 Å². The van der Waals surface area contributed by atoms with Crippen molar-refractivity contribution in [3.8, 4) is 0 Å². The molecule has 120 valence electrons. The molecule has 1 aliphatic rings. The summed E-state index contributed by atoms with van der Waals surface area (Å²) in [5, 5.41) is 3.18. The molecule has 1 fully saturated rings. The van der Waals surface area contributed by atoms with Gasteiger partial charge in [0.25, 0.3) is 0 Å². The lowest BCUT2D eigenvalue weighted by molar-refractivity contribution is 0.334. The fourth-order valence-electron chi connectivity index (χ4n) is 2.58. The topological polar surface area (TPSA) is 49.4 Å². The third-order valence-corrected chi connectivity index (χ3v) is 5.72. The van der Waals surface area contributed by atoms with Crippen LogP contribution in [0.15, 0.2) is 23.1 Å². The molecule has 0 aliphatic carbocycles. The monoisotopic (exact) mass is 336 g/mol. The molecule has 0 amide bonds. The molecular weight excluding hydrogens is 315 g/mol. The Morgan fingerprint density at radius 2 is 2.14 bits per heavy atom. The van der Waals surface area contributed by atoms with Crippen molar-refractivity contribution in [3.05, 3.63) is 29.6 Å². The van der Waals surface area contributed by atoms with Gasteiger partial charge in [-0.25, -0.2) is 12.8 Å². The zero-order valence-electron chi connectivity index (χ0n) is 12.3.